The molecular weight excluding hydrogens is 352 g/mol. The maximum absolute atomic E-state index is 12.7. The predicted molar refractivity (Wildman–Crippen MR) is 99.9 cm³/mol. The Labute approximate surface area is 155 Å². The third-order valence-corrected chi connectivity index (χ3v) is 5.47. The molecule has 26 heavy (non-hydrogen) atoms. The zero-order valence-electron chi connectivity index (χ0n) is 15.4. The van der Waals surface area contributed by atoms with Crippen LogP contribution in [0.2, 0.25) is 0 Å². The lowest BCUT2D eigenvalue weighted by Gasteiger charge is -2.20. The highest BCUT2D eigenvalue weighted by atomic mass is 32.2. The second-order valence-corrected chi connectivity index (χ2v) is 8.31. The van der Waals surface area contributed by atoms with Gasteiger partial charge in [-0.3, -0.25) is 4.79 Å². The fraction of sp³-hybridized carbons (Fsp3) is 0.421. The molecular formula is C19H26N2O4S. The van der Waals surface area contributed by atoms with Gasteiger partial charge in [0.05, 0.1) is 17.7 Å². The van der Waals surface area contributed by atoms with Crippen LogP contribution in [0.1, 0.15) is 38.5 Å². The summed E-state index contributed by atoms with van der Waals surface area (Å²) in [6, 6.07) is 9.32. The predicted octanol–water partition coefficient (Wildman–Crippen LogP) is 2.85. The van der Waals surface area contributed by atoms with Gasteiger partial charge in [-0.2, -0.15) is 4.72 Å². The maximum atomic E-state index is 12.7. The quantitative estimate of drug-likeness (QED) is 0.702. The number of hydrogen-bond acceptors (Lipinski definition) is 4. The van der Waals surface area contributed by atoms with Crippen molar-refractivity contribution in [3.63, 3.8) is 0 Å². The summed E-state index contributed by atoms with van der Waals surface area (Å²) in [4.78, 5) is 12.7. The van der Waals surface area contributed by atoms with E-state index in [1.165, 1.54) is 6.26 Å². The van der Waals surface area contributed by atoms with Crippen LogP contribution in [-0.4, -0.2) is 20.4 Å². The lowest BCUT2D eigenvalue weighted by molar-refractivity contribution is -0.123. The highest BCUT2D eigenvalue weighted by Crippen LogP contribution is 2.14. The van der Waals surface area contributed by atoms with Gasteiger partial charge in [0.25, 0.3) is 0 Å². The van der Waals surface area contributed by atoms with E-state index in [9.17, 15) is 13.2 Å². The average Bonchev–Trinajstić information content (AvgIpc) is 3.12. The van der Waals surface area contributed by atoms with Gasteiger partial charge >= 0.3 is 0 Å². The summed E-state index contributed by atoms with van der Waals surface area (Å²) in [5.41, 5.74) is 1.05. The molecule has 1 amide bonds. The number of amides is 1. The largest absolute Gasteiger partial charge is 0.467 e. The molecule has 1 atom stereocenters. The molecule has 2 N–H and O–H groups in total. The van der Waals surface area contributed by atoms with E-state index in [2.05, 4.69) is 10.0 Å². The van der Waals surface area contributed by atoms with E-state index < -0.39 is 16.1 Å². The van der Waals surface area contributed by atoms with Crippen molar-refractivity contribution in [2.24, 2.45) is 5.92 Å². The molecule has 2 rings (SSSR count). The van der Waals surface area contributed by atoms with Gasteiger partial charge in [-0.05, 0) is 48.6 Å². The zero-order valence-corrected chi connectivity index (χ0v) is 16.2. The summed E-state index contributed by atoms with van der Waals surface area (Å²) in [7, 11) is -3.78. The topological polar surface area (TPSA) is 88.4 Å². The Morgan fingerprint density at radius 2 is 1.85 bits per heavy atom. The molecule has 1 aromatic heterocycles. The van der Waals surface area contributed by atoms with Crippen molar-refractivity contribution >= 4 is 15.9 Å². The van der Waals surface area contributed by atoms with Crippen LogP contribution in [-0.2, 0) is 27.8 Å². The number of furan rings is 1. The van der Waals surface area contributed by atoms with Gasteiger partial charge in [0.2, 0.25) is 15.9 Å². The first-order valence-corrected chi connectivity index (χ1v) is 10.2. The number of carbonyl (C=O) groups is 1. The Balaban J connectivity index is 2.10. The molecule has 2 aromatic rings. The average molecular weight is 378 g/mol. The second kappa shape index (κ2) is 9.00. The van der Waals surface area contributed by atoms with Crippen molar-refractivity contribution in [2.75, 3.05) is 0 Å². The Kier molecular flexibility index (Phi) is 6.99. The summed E-state index contributed by atoms with van der Waals surface area (Å²) in [6.07, 6.45) is 2.75. The van der Waals surface area contributed by atoms with Crippen molar-refractivity contribution in [3.8, 4) is 0 Å². The lowest BCUT2D eigenvalue weighted by atomic mass is 10.0. The summed E-state index contributed by atoms with van der Waals surface area (Å²) >= 11 is 0. The first-order valence-electron chi connectivity index (χ1n) is 8.73. The standard InChI is InChI=1S/C19H26N2O4S/c1-4-15-7-9-17(10-8-15)26(23,24)21-18(12-14(2)3)19(22)20-13-16-6-5-11-25-16/h5-11,14,18,21H,4,12-13H2,1-3H3,(H,20,22)/t18-/m0/s1. The molecule has 0 aliphatic carbocycles. The summed E-state index contributed by atoms with van der Waals surface area (Å²) < 4.78 is 33.0. The van der Waals surface area contributed by atoms with E-state index in [0.717, 1.165) is 12.0 Å². The van der Waals surface area contributed by atoms with Crippen LogP contribution in [0.3, 0.4) is 0 Å². The molecule has 1 aromatic carbocycles. The van der Waals surface area contributed by atoms with Gasteiger partial charge in [0, 0.05) is 0 Å². The van der Waals surface area contributed by atoms with Gasteiger partial charge in [-0.15, -0.1) is 0 Å². The molecule has 0 radical (unpaired) electrons. The van der Waals surface area contributed by atoms with Gasteiger partial charge in [0.1, 0.15) is 11.8 Å². The zero-order chi connectivity index (χ0) is 19.2. The van der Waals surface area contributed by atoms with E-state index in [4.69, 9.17) is 4.42 Å². The van der Waals surface area contributed by atoms with Crippen molar-refractivity contribution in [3.05, 3.63) is 54.0 Å². The van der Waals surface area contributed by atoms with Crippen molar-refractivity contribution in [2.45, 2.75) is 51.1 Å². The molecule has 1 heterocycles. The molecule has 6 nitrogen and oxygen atoms in total. The summed E-state index contributed by atoms with van der Waals surface area (Å²) in [5, 5.41) is 2.72. The normalized spacial score (nSPS) is 12.9. The van der Waals surface area contributed by atoms with Crippen molar-refractivity contribution < 1.29 is 17.6 Å². The molecule has 0 bridgehead atoms. The minimum absolute atomic E-state index is 0.152. The van der Waals surface area contributed by atoms with Gasteiger partial charge in [-0.1, -0.05) is 32.9 Å². The number of carbonyl (C=O) groups excluding carboxylic acids is 1. The molecule has 0 fully saturated rings. The Hall–Kier alpha value is -2.12. The molecule has 0 aliphatic heterocycles. The molecule has 0 aliphatic rings. The summed E-state index contributed by atoms with van der Waals surface area (Å²) in [5.74, 6) is 0.392. The SMILES string of the molecule is CCc1ccc(S(=O)(=O)N[C@@H](CC(C)C)C(=O)NCc2ccco2)cc1. The Bertz CT molecular complexity index is 797. The van der Waals surface area contributed by atoms with E-state index >= 15 is 0 Å². The fourth-order valence-corrected chi connectivity index (χ4v) is 3.76. The third-order valence-electron chi connectivity index (χ3n) is 3.98. The second-order valence-electron chi connectivity index (χ2n) is 6.60. The molecule has 0 saturated carbocycles. The summed E-state index contributed by atoms with van der Waals surface area (Å²) in [6.45, 7) is 6.10. The van der Waals surface area contributed by atoms with Gasteiger partial charge < -0.3 is 9.73 Å². The Morgan fingerprint density at radius 3 is 2.38 bits per heavy atom. The monoisotopic (exact) mass is 378 g/mol. The first kappa shape index (κ1) is 20.2. The van der Waals surface area contributed by atoms with Crippen LogP contribution >= 0.6 is 0 Å². The van der Waals surface area contributed by atoms with Crippen LogP contribution in [0.25, 0.3) is 0 Å². The highest BCUT2D eigenvalue weighted by molar-refractivity contribution is 7.89. The van der Waals surface area contributed by atoms with Crippen LogP contribution in [0.15, 0.2) is 52.0 Å². The minimum Gasteiger partial charge on any atom is -0.467 e. The molecule has 0 saturated heterocycles. The molecule has 7 heteroatoms. The van der Waals surface area contributed by atoms with Crippen LogP contribution in [0.5, 0.6) is 0 Å². The number of sulfonamides is 1. The smallest absolute Gasteiger partial charge is 0.241 e. The minimum atomic E-state index is -3.78. The molecule has 0 spiro atoms. The van der Waals surface area contributed by atoms with Crippen LogP contribution in [0.4, 0.5) is 0 Å². The lowest BCUT2D eigenvalue weighted by Crippen LogP contribution is -2.47. The first-order chi connectivity index (χ1) is 12.3. The van der Waals surface area contributed by atoms with Gasteiger partial charge in [0.15, 0.2) is 0 Å². The Morgan fingerprint density at radius 1 is 1.15 bits per heavy atom. The number of nitrogens with one attached hydrogen (secondary N) is 2. The van der Waals surface area contributed by atoms with Crippen LogP contribution in [0, 0.1) is 5.92 Å². The van der Waals surface area contributed by atoms with E-state index in [-0.39, 0.29) is 23.3 Å². The van der Waals surface area contributed by atoms with Crippen molar-refractivity contribution in [1.82, 2.24) is 10.0 Å². The number of aryl methyl sites for hydroxylation is 1. The van der Waals surface area contributed by atoms with Crippen molar-refractivity contribution in [1.29, 1.82) is 0 Å². The van der Waals surface area contributed by atoms with E-state index in [0.29, 0.717) is 12.2 Å². The van der Waals surface area contributed by atoms with Gasteiger partial charge in [-0.25, -0.2) is 8.42 Å². The third kappa shape index (κ3) is 5.71. The van der Waals surface area contributed by atoms with E-state index in [1.54, 1.807) is 36.4 Å². The highest BCUT2D eigenvalue weighted by Gasteiger charge is 2.26. The number of benzene rings is 1. The molecule has 142 valence electrons. The fourth-order valence-electron chi connectivity index (χ4n) is 2.55. The van der Waals surface area contributed by atoms with Crippen LogP contribution < -0.4 is 10.0 Å². The maximum Gasteiger partial charge on any atom is 0.241 e. The van der Waals surface area contributed by atoms with E-state index in [1.807, 2.05) is 20.8 Å². The molecule has 0 unspecified atom stereocenters. The number of rotatable bonds is 9. The number of hydrogen-bond donors (Lipinski definition) is 2.